The van der Waals surface area contributed by atoms with Crippen LogP contribution in [-0.2, 0) is 11.3 Å². The molecule has 1 fully saturated rings. The smallest absolute Gasteiger partial charge is 0.223 e. The van der Waals surface area contributed by atoms with Gasteiger partial charge in [-0.3, -0.25) is 4.79 Å². The highest BCUT2D eigenvalue weighted by atomic mass is 16.5. The van der Waals surface area contributed by atoms with Gasteiger partial charge in [0.05, 0.1) is 13.0 Å². The average Bonchev–Trinajstić information content (AvgIpc) is 3.13. The van der Waals surface area contributed by atoms with E-state index in [4.69, 9.17) is 10.5 Å². The van der Waals surface area contributed by atoms with Crippen molar-refractivity contribution < 1.29 is 9.53 Å². The summed E-state index contributed by atoms with van der Waals surface area (Å²) in [5.74, 6) is 0.842. The zero-order valence-corrected chi connectivity index (χ0v) is 9.82. The van der Waals surface area contributed by atoms with Crippen LogP contribution in [0.25, 0.3) is 0 Å². The second-order valence-electron chi connectivity index (χ2n) is 4.29. The molecule has 17 heavy (non-hydrogen) atoms. The monoisotopic (exact) mass is 234 g/mol. The molecule has 0 aromatic heterocycles. The van der Waals surface area contributed by atoms with E-state index in [9.17, 15) is 4.79 Å². The number of carbonyl (C=O) groups is 1. The second kappa shape index (κ2) is 5.68. The molecule has 0 bridgehead atoms. The number of nitrogens with two attached hydrogens (primary N) is 1. The van der Waals surface area contributed by atoms with Crippen molar-refractivity contribution in [2.75, 3.05) is 6.61 Å². The van der Waals surface area contributed by atoms with Gasteiger partial charge in [-0.25, -0.2) is 0 Å². The molecule has 0 radical (unpaired) electrons. The Bertz CT molecular complexity index is 389. The van der Waals surface area contributed by atoms with Crippen LogP contribution in [0.15, 0.2) is 24.3 Å². The number of carbonyl (C=O) groups excluding carboxylic acids is 1. The molecule has 0 saturated heterocycles. The van der Waals surface area contributed by atoms with Crippen LogP contribution in [0.1, 0.15) is 24.8 Å². The molecule has 1 aliphatic rings. The lowest BCUT2D eigenvalue weighted by Crippen LogP contribution is -2.26. The molecule has 0 atom stereocenters. The van der Waals surface area contributed by atoms with Gasteiger partial charge in [0.15, 0.2) is 0 Å². The topological polar surface area (TPSA) is 64.3 Å². The summed E-state index contributed by atoms with van der Waals surface area (Å²) in [6.45, 7) is 0.909. The minimum Gasteiger partial charge on any atom is -0.493 e. The molecule has 3 N–H and O–H groups in total. The summed E-state index contributed by atoms with van der Waals surface area (Å²) in [6.07, 6.45) is 2.64. The van der Waals surface area contributed by atoms with Crippen molar-refractivity contribution in [3.63, 3.8) is 0 Å². The van der Waals surface area contributed by atoms with Gasteiger partial charge < -0.3 is 15.8 Å². The number of nitrogens with one attached hydrogen (secondary N) is 1. The minimum absolute atomic E-state index is 0.0717. The predicted octanol–water partition coefficient (Wildman–Crippen LogP) is 1.19. The fourth-order valence-corrected chi connectivity index (χ4v) is 1.55. The van der Waals surface area contributed by atoms with Crippen molar-refractivity contribution in [3.05, 3.63) is 29.8 Å². The van der Waals surface area contributed by atoms with E-state index in [0.717, 1.165) is 24.2 Å². The van der Waals surface area contributed by atoms with E-state index in [1.165, 1.54) is 0 Å². The van der Waals surface area contributed by atoms with Gasteiger partial charge in [-0.05, 0) is 30.5 Å². The quantitative estimate of drug-likeness (QED) is 0.777. The Morgan fingerprint density at radius 3 is 3.00 bits per heavy atom. The third-order valence-corrected chi connectivity index (χ3v) is 2.67. The zero-order chi connectivity index (χ0) is 12.1. The minimum atomic E-state index is 0.0717. The maximum absolute atomic E-state index is 11.4. The van der Waals surface area contributed by atoms with Gasteiger partial charge in [-0.15, -0.1) is 0 Å². The van der Waals surface area contributed by atoms with E-state index < -0.39 is 0 Å². The molecular weight excluding hydrogens is 216 g/mol. The molecule has 4 nitrogen and oxygen atoms in total. The van der Waals surface area contributed by atoms with Crippen LogP contribution in [0.4, 0.5) is 0 Å². The molecule has 0 spiro atoms. The molecule has 0 unspecified atom stereocenters. The lowest BCUT2D eigenvalue weighted by Gasteiger charge is -2.07. The number of benzene rings is 1. The van der Waals surface area contributed by atoms with Gasteiger partial charge >= 0.3 is 0 Å². The van der Waals surface area contributed by atoms with Crippen LogP contribution in [0, 0.1) is 0 Å². The summed E-state index contributed by atoms with van der Waals surface area (Å²) in [5, 5.41) is 2.92. The number of hydrogen-bond acceptors (Lipinski definition) is 3. The van der Waals surface area contributed by atoms with Gasteiger partial charge in [0, 0.05) is 12.6 Å². The summed E-state index contributed by atoms with van der Waals surface area (Å²) in [5.41, 5.74) is 6.57. The number of rotatable bonds is 6. The van der Waals surface area contributed by atoms with E-state index in [2.05, 4.69) is 5.32 Å². The Morgan fingerprint density at radius 1 is 1.47 bits per heavy atom. The number of hydrogen-bond donors (Lipinski definition) is 2. The van der Waals surface area contributed by atoms with Crippen LogP contribution < -0.4 is 15.8 Å². The van der Waals surface area contributed by atoms with Crippen molar-refractivity contribution >= 4 is 5.91 Å². The van der Waals surface area contributed by atoms with Crippen LogP contribution in [0.2, 0.25) is 0 Å². The molecule has 1 aliphatic carbocycles. The van der Waals surface area contributed by atoms with Crippen LogP contribution in [0.5, 0.6) is 5.75 Å². The Hall–Kier alpha value is -1.55. The Morgan fingerprint density at radius 2 is 2.29 bits per heavy atom. The summed E-state index contributed by atoms with van der Waals surface area (Å²) < 4.78 is 5.50. The van der Waals surface area contributed by atoms with E-state index >= 15 is 0 Å². The number of amides is 1. The second-order valence-corrected chi connectivity index (χ2v) is 4.29. The highest BCUT2D eigenvalue weighted by Gasteiger charge is 2.22. The lowest BCUT2D eigenvalue weighted by atomic mass is 10.2. The van der Waals surface area contributed by atoms with Crippen molar-refractivity contribution in [3.8, 4) is 5.75 Å². The fourth-order valence-electron chi connectivity index (χ4n) is 1.55. The summed E-state index contributed by atoms with van der Waals surface area (Å²) >= 11 is 0. The normalized spacial score (nSPS) is 14.4. The third-order valence-electron chi connectivity index (χ3n) is 2.67. The van der Waals surface area contributed by atoms with Crippen molar-refractivity contribution in [1.82, 2.24) is 5.32 Å². The predicted molar refractivity (Wildman–Crippen MR) is 65.6 cm³/mol. The third kappa shape index (κ3) is 4.07. The Labute approximate surface area is 101 Å². The van der Waals surface area contributed by atoms with Crippen molar-refractivity contribution in [2.45, 2.75) is 31.8 Å². The summed E-state index contributed by atoms with van der Waals surface area (Å²) in [4.78, 5) is 11.4. The first-order valence-corrected chi connectivity index (χ1v) is 5.99. The van der Waals surface area contributed by atoms with Crippen molar-refractivity contribution in [2.24, 2.45) is 5.73 Å². The molecule has 92 valence electrons. The van der Waals surface area contributed by atoms with E-state index in [0.29, 0.717) is 25.6 Å². The standard InChI is InChI=1S/C13H18N2O2/c14-9-10-2-1-3-12(8-10)17-7-6-13(16)15-11-4-5-11/h1-3,8,11H,4-7,9,14H2,(H,15,16). The SMILES string of the molecule is NCc1cccc(OCCC(=O)NC2CC2)c1. The van der Waals surface area contributed by atoms with E-state index in [1.54, 1.807) is 0 Å². The molecular formula is C13H18N2O2. The van der Waals surface area contributed by atoms with Gasteiger partial charge in [0.2, 0.25) is 5.91 Å². The molecule has 1 aromatic rings. The molecule has 4 heteroatoms. The Balaban J connectivity index is 1.71. The van der Waals surface area contributed by atoms with Crippen LogP contribution in [0.3, 0.4) is 0 Å². The Kier molecular flexibility index (Phi) is 3.98. The van der Waals surface area contributed by atoms with Crippen LogP contribution in [-0.4, -0.2) is 18.6 Å². The zero-order valence-electron chi connectivity index (χ0n) is 9.82. The van der Waals surface area contributed by atoms with Gasteiger partial charge in [0.1, 0.15) is 5.75 Å². The summed E-state index contributed by atoms with van der Waals surface area (Å²) in [7, 11) is 0. The average molecular weight is 234 g/mol. The molecule has 0 heterocycles. The lowest BCUT2D eigenvalue weighted by molar-refractivity contribution is -0.121. The first-order valence-electron chi connectivity index (χ1n) is 5.99. The van der Waals surface area contributed by atoms with Gasteiger partial charge in [-0.2, -0.15) is 0 Å². The maximum Gasteiger partial charge on any atom is 0.223 e. The first kappa shape index (κ1) is 11.9. The van der Waals surface area contributed by atoms with Gasteiger partial charge in [0.25, 0.3) is 0 Å². The van der Waals surface area contributed by atoms with E-state index in [-0.39, 0.29) is 5.91 Å². The van der Waals surface area contributed by atoms with Crippen molar-refractivity contribution in [1.29, 1.82) is 0 Å². The largest absolute Gasteiger partial charge is 0.493 e. The fraction of sp³-hybridized carbons (Fsp3) is 0.462. The molecule has 0 aliphatic heterocycles. The van der Waals surface area contributed by atoms with E-state index in [1.807, 2.05) is 24.3 Å². The summed E-state index contributed by atoms with van der Waals surface area (Å²) in [6, 6.07) is 8.05. The number of ether oxygens (including phenoxy) is 1. The molecule has 1 aromatic carbocycles. The molecule has 1 amide bonds. The highest BCUT2D eigenvalue weighted by Crippen LogP contribution is 2.18. The molecule has 1 saturated carbocycles. The first-order chi connectivity index (χ1) is 8.28. The van der Waals surface area contributed by atoms with Gasteiger partial charge in [-0.1, -0.05) is 12.1 Å². The molecule has 2 rings (SSSR count). The van der Waals surface area contributed by atoms with Crippen LogP contribution >= 0.6 is 0 Å². The maximum atomic E-state index is 11.4. The highest BCUT2D eigenvalue weighted by molar-refractivity contribution is 5.76.